The van der Waals surface area contributed by atoms with E-state index >= 15 is 0 Å². The molecule has 0 bridgehead atoms. The van der Waals surface area contributed by atoms with Crippen molar-refractivity contribution in [2.24, 2.45) is 0 Å². The number of aromatic nitrogens is 3. The van der Waals surface area contributed by atoms with Crippen molar-refractivity contribution in [1.82, 2.24) is 14.8 Å². The van der Waals surface area contributed by atoms with Crippen molar-refractivity contribution < 1.29 is 19.1 Å². The Labute approximate surface area is 193 Å². The number of anilines is 2. The number of fused-ring (bicyclic) bond motifs is 1. The normalized spacial score (nSPS) is 15.0. The molecule has 3 aromatic rings. The monoisotopic (exact) mass is 499 g/mol. The number of carbonyl (C=O) groups is 2. The average Bonchev–Trinajstić information content (AvgIpc) is 3.23. The number of hydrogen-bond acceptors (Lipinski definition) is 6. The van der Waals surface area contributed by atoms with Crippen LogP contribution < -0.4 is 20.1 Å². The minimum Gasteiger partial charge on any atom is -0.490 e. The van der Waals surface area contributed by atoms with Crippen LogP contribution in [0.5, 0.6) is 11.5 Å². The molecular formula is C22H22BrN5O4. The molecule has 1 aliphatic heterocycles. The van der Waals surface area contributed by atoms with Gasteiger partial charge in [0.05, 0.1) is 19.1 Å². The Bertz CT molecular complexity index is 1160. The zero-order valence-corrected chi connectivity index (χ0v) is 19.2. The van der Waals surface area contributed by atoms with Crippen LogP contribution in [0, 0.1) is 6.92 Å². The Morgan fingerprint density at radius 3 is 2.88 bits per heavy atom. The smallest absolute Gasteiger partial charge is 0.262 e. The minimum absolute atomic E-state index is 0.131. The van der Waals surface area contributed by atoms with Gasteiger partial charge in [0, 0.05) is 10.2 Å². The van der Waals surface area contributed by atoms with Crippen molar-refractivity contribution in [3.63, 3.8) is 0 Å². The fraction of sp³-hybridized carbons (Fsp3) is 0.273. The number of nitrogens with one attached hydrogen (secondary N) is 2. The third-order valence-electron chi connectivity index (χ3n) is 4.97. The van der Waals surface area contributed by atoms with Crippen LogP contribution in [0.1, 0.15) is 30.5 Å². The molecule has 1 aromatic heterocycles. The second-order valence-corrected chi connectivity index (χ2v) is 8.15. The highest BCUT2D eigenvalue weighted by molar-refractivity contribution is 9.10. The highest BCUT2D eigenvalue weighted by Crippen LogP contribution is 2.35. The van der Waals surface area contributed by atoms with Crippen molar-refractivity contribution in [2.75, 3.05) is 23.8 Å². The van der Waals surface area contributed by atoms with Gasteiger partial charge in [-0.05, 0) is 55.3 Å². The summed E-state index contributed by atoms with van der Waals surface area (Å²) in [5.41, 5.74) is 2.50. The number of aryl methyl sites for hydroxylation is 1. The summed E-state index contributed by atoms with van der Waals surface area (Å²) in [6.45, 7) is 4.03. The molecule has 9 nitrogen and oxygen atoms in total. The van der Waals surface area contributed by atoms with E-state index < -0.39 is 0 Å². The van der Waals surface area contributed by atoms with Gasteiger partial charge < -0.3 is 14.8 Å². The molecule has 2 heterocycles. The molecule has 1 atom stereocenters. The van der Waals surface area contributed by atoms with E-state index in [4.69, 9.17) is 9.47 Å². The van der Waals surface area contributed by atoms with E-state index in [0.717, 1.165) is 21.3 Å². The van der Waals surface area contributed by atoms with Gasteiger partial charge >= 0.3 is 0 Å². The topological polar surface area (TPSA) is 107 Å². The Morgan fingerprint density at radius 2 is 2.09 bits per heavy atom. The van der Waals surface area contributed by atoms with Gasteiger partial charge in [0.2, 0.25) is 11.9 Å². The third-order valence-corrected chi connectivity index (χ3v) is 5.47. The first-order valence-electron chi connectivity index (χ1n) is 10.1. The molecule has 1 aliphatic rings. The maximum absolute atomic E-state index is 12.4. The predicted molar refractivity (Wildman–Crippen MR) is 122 cm³/mol. The number of hydrogen-bond donors (Lipinski definition) is 2. The van der Waals surface area contributed by atoms with Crippen LogP contribution in [0.3, 0.4) is 0 Å². The first-order valence-corrected chi connectivity index (χ1v) is 10.9. The van der Waals surface area contributed by atoms with Gasteiger partial charge in [-0.15, -0.1) is 0 Å². The molecular weight excluding hydrogens is 478 g/mol. The Kier molecular flexibility index (Phi) is 6.40. The quantitative estimate of drug-likeness (QED) is 0.513. The van der Waals surface area contributed by atoms with Crippen LogP contribution in [0.15, 0.2) is 47.2 Å². The summed E-state index contributed by atoms with van der Waals surface area (Å²) in [4.78, 5) is 28.5. The number of halogens is 1. The zero-order valence-electron chi connectivity index (χ0n) is 17.6. The lowest BCUT2D eigenvalue weighted by Crippen LogP contribution is -2.29. The molecule has 0 spiro atoms. The maximum atomic E-state index is 12.4. The fourth-order valence-electron chi connectivity index (χ4n) is 3.48. The summed E-state index contributed by atoms with van der Waals surface area (Å²) >= 11 is 3.41. The highest BCUT2D eigenvalue weighted by Gasteiger charge is 2.28. The maximum Gasteiger partial charge on any atom is 0.262 e. The second kappa shape index (κ2) is 9.39. The van der Waals surface area contributed by atoms with Crippen molar-refractivity contribution in [3.8, 4) is 11.5 Å². The molecule has 32 heavy (non-hydrogen) atoms. The first-order chi connectivity index (χ1) is 15.4. The molecule has 0 radical (unpaired) electrons. The van der Waals surface area contributed by atoms with Crippen LogP contribution in [0.4, 0.5) is 11.6 Å². The lowest BCUT2D eigenvalue weighted by Gasteiger charge is -2.24. The average molecular weight is 500 g/mol. The van der Waals surface area contributed by atoms with Crippen LogP contribution in [0.2, 0.25) is 0 Å². The van der Waals surface area contributed by atoms with Gasteiger partial charge in [0.25, 0.3) is 5.91 Å². The van der Waals surface area contributed by atoms with Gasteiger partial charge in [-0.3, -0.25) is 14.9 Å². The van der Waals surface area contributed by atoms with Gasteiger partial charge in [-0.2, -0.15) is 10.1 Å². The second-order valence-electron chi connectivity index (χ2n) is 7.23. The van der Waals surface area contributed by atoms with E-state index in [1.165, 1.54) is 6.33 Å². The SMILES string of the molecule is CCOc1cc(C2CC(=O)Nc3ncnn32)ccc1OCC(=O)Nc1ccc(Br)cc1C. The summed E-state index contributed by atoms with van der Waals surface area (Å²) in [5.74, 6) is 0.930. The van der Waals surface area contributed by atoms with Crippen LogP contribution >= 0.6 is 15.9 Å². The number of rotatable bonds is 7. The number of nitrogens with zero attached hydrogens (tertiary/aromatic N) is 3. The summed E-state index contributed by atoms with van der Waals surface area (Å²) < 4.78 is 14.1. The summed E-state index contributed by atoms with van der Waals surface area (Å²) in [5, 5.41) is 9.77. The van der Waals surface area contributed by atoms with Crippen molar-refractivity contribution in [2.45, 2.75) is 26.3 Å². The molecule has 0 saturated heterocycles. The third kappa shape index (κ3) is 4.75. The van der Waals surface area contributed by atoms with Gasteiger partial charge in [-0.1, -0.05) is 22.0 Å². The molecule has 10 heteroatoms. The molecule has 4 rings (SSSR count). The van der Waals surface area contributed by atoms with E-state index in [1.54, 1.807) is 10.7 Å². The van der Waals surface area contributed by atoms with E-state index in [2.05, 4.69) is 36.6 Å². The fourth-order valence-corrected chi connectivity index (χ4v) is 3.96. The molecule has 0 fully saturated rings. The van der Waals surface area contributed by atoms with Crippen LogP contribution in [0.25, 0.3) is 0 Å². The Morgan fingerprint density at radius 1 is 1.25 bits per heavy atom. The number of amides is 2. The number of benzene rings is 2. The number of carbonyl (C=O) groups excluding carboxylic acids is 2. The van der Waals surface area contributed by atoms with Gasteiger partial charge in [0.1, 0.15) is 6.33 Å². The van der Waals surface area contributed by atoms with Crippen molar-refractivity contribution >= 4 is 39.4 Å². The minimum atomic E-state index is -0.307. The Hall–Kier alpha value is -3.40. The first kappa shape index (κ1) is 21.8. The summed E-state index contributed by atoms with van der Waals surface area (Å²) in [6.07, 6.45) is 1.64. The van der Waals surface area contributed by atoms with Gasteiger partial charge in [0.15, 0.2) is 18.1 Å². The van der Waals surface area contributed by atoms with E-state index in [0.29, 0.717) is 24.1 Å². The molecule has 166 valence electrons. The van der Waals surface area contributed by atoms with E-state index in [9.17, 15) is 9.59 Å². The molecule has 2 N–H and O–H groups in total. The predicted octanol–water partition coefficient (Wildman–Crippen LogP) is 3.70. The molecule has 1 unspecified atom stereocenters. The summed E-state index contributed by atoms with van der Waals surface area (Å²) in [7, 11) is 0. The van der Waals surface area contributed by atoms with Crippen molar-refractivity contribution in [3.05, 3.63) is 58.3 Å². The van der Waals surface area contributed by atoms with Crippen molar-refractivity contribution in [1.29, 1.82) is 0 Å². The van der Waals surface area contributed by atoms with Gasteiger partial charge in [-0.25, -0.2) is 4.68 Å². The van der Waals surface area contributed by atoms with E-state index in [1.807, 2.05) is 44.2 Å². The lowest BCUT2D eigenvalue weighted by atomic mass is 10.0. The largest absolute Gasteiger partial charge is 0.490 e. The molecule has 0 aliphatic carbocycles. The van der Waals surface area contributed by atoms with Crippen LogP contribution in [-0.4, -0.2) is 39.8 Å². The van der Waals surface area contributed by atoms with E-state index in [-0.39, 0.29) is 30.9 Å². The lowest BCUT2D eigenvalue weighted by molar-refractivity contribution is -0.118. The number of ether oxygens (including phenoxy) is 2. The molecule has 2 amide bonds. The standard InChI is InChI=1S/C22H22BrN5O4/c1-3-31-19-9-14(17-10-20(29)27-22-24-12-25-28(17)22)4-7-18(19)32-11-21(30)26-16-6-5-15(23)8-13(16)2/h4-9,12,17H,3,10-11H2,1-2H3,(H,26,30)(H,24,25,27,29). The summed E-state index contributed by atoms with van der Waals surface area (Å²) in [6, 6.07) is 10.7. The zero-order chi connectivity index (χ0) is 22.7. The molecule has 0 saturated carbocycles. The highest BCUT2D eigenvalue weighted by atomic mass is 79.9. The Balaban J connectivity index is 1.49. The van der Waals surface area contributed by atoms with Crippen LogP contribution in [-0.2, 0) is 9.59 Å². The molecule has 2 aromatic carbocycles.